The Hall–Kier alpha value is -0.554. The summed E-state index contributed by atoms with van der Waals surface area (Å²) in [7, 11) is 0. The normalized spacial score (nSPS) is 9.38. The Balaban J connectivity index is -0.000000639. The van der Waals surface area contributed by atoms with Crippen molar-refractivity contribution in [2.45, 2.75) is 96.8 Å². The second kappa shape index (κ2) is 24.7. The van der Waals surface area contributed by atoms with Crippen molar-refractivity contribution in [2.24, 2.45) is 0 Å². The van der Waals surface area contributed by atoms with Crippen molar-refractivity contribution < 1.29 is 19.8 Å². The van der Waals surface area contributed by atoms with Gasteiger partial charge < -0.3 is 19.8 Å². The van der Waals surface area contributed by atoms with Crippen LogP contribution in [-0.2, 0) is 9.59 Å². The summed E-state index contributed by atoms with van der Waals surface area (Å²) < 4.78 is 0. The van der Waals surface area contributed by atoms with Crippen LogP contribution in [0.25, 0.3) is 0 Å². The van der Waals surface area contributed by atoms with Gasteiger partial charge in [-0.3, -0.25) is 0 Å². The quantitative estimate of drug-likeness (QED) is 0.258. The van der Waals surface area contributed by atoms with Gasteiger partial charge in [0.15, 0.2) is 0 Å². The fourth-order valence-electron chi connectivity index (χ4n) is 2.29. The Kier molecular flexibility index (Phi) is 29.1. The van der Waals surface area contributed by atoms with Crippen molar-refractivity contribution in [1.82, 2.24) is 0 Å². The molecule has 0 saturated carbocycles. The molecule has 0 aromatic carbocycles. The van der Waals surface area contributed by atoms with E-state index >= 15 is 0 Å². The Bertz CT molecular complexity index is 293. The maximum absolute atomic E-state index is 10.2. The van der Waals surface area contributed by atoms with Crippen LogP contribution >= 0.6 is 0 Å². The molecule has 4 nitrogen and oxygen atoms in total. The monoisotopic (exact) mass is 350 g/mol. The van der Waals surface area contributed by atoms with Crippen LogP contribution in [0.3, 0.4) is 0 Å². The summed E-state index contributed by atoms with van der Waals surface area (Å²) in [5, 5.41) is 19.3. The van der Waals surface area contributed by atoms with Crippen LogP contribution in [0.15, 0.2) is 12.7 Å². The molecule has 0 N–H and O–H groups in total. The molecule has 0 unspecified atom stereocenters. The number of aliphatic carboxylic acids is 2. The topological polar surface area (TPSA) is 80.3 Å². The standard InChI is InChI=1S/C16H32O2.C3H4O2.Mg/c1-2-3-4-5-6-7-8-9-10-11-12-13-14-15-16(17)18;1-2-3(4)5;/h2-15H2,1H3,(H,17,18);2H,1H2,(H,4,5);/q;;+2/p-2. The van der Waals surface area contributed by atoms with Gasteiger partial charge in [-0.2, -0.15) is 0 Å². The van der Waals surface area contributed by atoms with E-state index in [-0.39, 0.29) is 29.5 Å². The molecule has 0 spiro atoms. The van der Waals surface area contributed by atoms with E-state index in [4.69, 9.17) is 9.90 Å². The Morgan fingerprint density at radius 3 is 1.29 bits per heavy atom. The smallest absolute Gasteiger partial charge is 0.550 e. The van der Waals surface area contributed by atoms with Crippen molar-refractivity contribution in [1.29, 1.82) is 0 Å². The van der Waals surface area contributed by atoms with Crippen LogP contribution < -0.4 is 10.2 Å². The first-order valence-corrected chi connectivity index (χ1v) is 9.07. The molecule has 0 aliphatic rings. The molecule has 24 heavy (non-hydrogen) atoms. The average molecular weight is 351 g/mol. The maximum Gasteiger partial charge on any atom is 2.00 e. The van der Waals surface area contributed by atoms with E-state index < -0.39 is 11.9 Å². The molecule has 0 amide bonds. The summed E-state index contributed by atoms with van der Waals surface area (Å²) in [4.78, 5) is 19.3. The first-order valence-electron chi connectivity index (χ1n) is 9.07. The van der Waals surface area contributed by atoms with Gasteiger partial charge in [0, 0.05) is 5.97 Å². The predicted octanol–water partition coefficient (Wildman–Crippen LogP) is 2.76. The number of carboxylic acid groups (broad SMARTS) is 2. The Morgan fingerprint density at radius 2 is 1.04 bits per heavy atom. The van der Waals surface area contributed by atoms with Crippen LogP contribution in [0, 0.1) is 0 Å². The third-order valence-corrected chi connectivity index (χ3v) is 3.65. The minimum Gasteiger partial charge on any atom is -0.550 e. The van der Waals surface area contributed by atoms with E-state index in [0.717, 1.165) is 18.9 Å². The van der Waals surface area contributed by atoms with E-state index in [1.165, 1.54) is 70.6 Å². The van der Waals surface area contributed by atoms with Gasteiger partial charge in [0.1, 0.15) is 0 Å². The van der Waals surface area contributed by atoms with Gasteiger partial charge >= 0.3 is 23.1 Å². The number of carbonyl (C=O) groups excluding carboxylic acids is 2. The maximum atomic E-state index is 10.2. The summed E-state index contributed by atoms with van der Waals surface area (Å²) in [6.07, 6.45) is 17.7. The molecular weight excluding hydrogens is 317 g/mol. The van der Waals surface area contributed by atoms with Gasteiger partial charge in [0.2, 0.25) is 0 Å². The zero-order chi connectivity index (χ0) is 17.8. The summed E-state index contributed by atoms with van der Waals surface area (Å²) in [6, 6.07) is 0. The van der Waals surface area contributed by atoms with E-state index in [2.05, 4.69) is 13.5 Å². The van der Waals surface area contributed by atoms with E-state index in [1.807, 2.05) is 0 Å². The van der Waals surface area contributed by atoms with Gasteiger partial charge in [0.05, 0.1) is 5.97 Å². The minimum absolute atomic E-state index is 0. The number of hydrogen-bond acceptors (Lipinski definition) is 4. The Morgan fingerprint density at radius 1 is 0.750 bits per heavy atom. The number of carboxylic acids is 2. The fourth-order valence-corrected chi connectivity index (χ4v) is 2.29. The second-order valence-corrected chi connectivity index (χ2v) is 5.89. The van der Waals surface area contributed by atoms with Crippen LogP contribution in [0.1, 0.15) is 96.8 Å². The molecule has 0 rings (SSSR count). The van der Waals surface area contributed by atoms with Crippen LogP contribution in [0.2, 0.25) is 0 Å². The van der Waals surface area contributed by atoms with Crippen molar-refractivity contribution in [3.63, 3.8) is 0 Å². The molecule has 0 atom stereocenters. The third-order valence-electron chi connectivity index (χ3n) is 3.65. The summed E-state index contributed by atoms with van der Waals surface area (Å²) in [5.74, 6) is -2.14. The molecule has 0 aromatic heterocycles. The molecule has 0 fully saturated rings. The number of rotatable bonds is 15. The molecule has 0 heterocycles. The zero-order valence-electron chi connectivity index (χ0n) is 15.5. The molecular formula is C19H34MgO4. The van der Waals surface area contributed by atoms with Gasteiger partial charge in [-0.1, -0.05) is 90.6 Å². The predicted molar refractivity (Wildman–Crippen MR) is 96.3 cm³/mol. The number of unbranched alkanes of at least 4 members (excludes halogenated alkanes) is 12. The molecule has 0 bridgehead atoms. The van der Waals surface area contributed by atoms with Gasteiger partial charge in [-0.15, -0.1) is 0 Å². The van der Waals surface area contributed by atoms with Crippen molar-refractivity contribution in [2.75, 3.05) is 0 Å². The summed E-state index contributed by atoms with van der Waals surface area (Å²) in [6.45, 7) is 5.16. The zero-order valence-corrected chi connectivity index (χ0v) is 16.9. The summed E-state index contributed by atoms with van der Waals surface area (Å²) in [5.41, 5.74) is 0. The van der Waals surface area contributed by atoms with E-state index in [9.17, 15) is 9.90 Å². The SMILES string of the molecule is C=CC(=O)[O-].CCCCCCCCCCCCCCCC(=O)[O-].[Mg+2]. The summed E-state index contributed by atoms with van der Waals surface area (Å²) >= 11 is 0. The van der Waals surface area contributed by atoms with Gasteiger partial charge in [-0.25, -0.2) is 0 Å². The first-order chi connectivity index (χ1) is 11.0. The number of hydrogen-bond donors (Lipinski definition) is 0. The minimum atomic E-state index is -1.23. The first kappa shape index (κ1) is 28.3. The van der Waals surface area contributed by atoms with Gasteiger partial charge in [0.25, 0.3) is 0 Å². The average Bonchev–Trinajstić information content (AvgIpc) is 2.52. The van der Waals surface area contributed by atoms with E-state index in [1.54, 1.807) is 0 Å². The molecule has 0 aliphatic carbocycles. The van der Waals surface area contributed by atoms with Crippen molar-refractivity contribution in [3.05, 3.63) is 12.7 Å². The molecule has 0 aliphatic heterocycles. The van der Waals surface area contributed by atoms with E-state index in [0.29, 0.717) is 0 Å². The number of carbonyl (C=O) groups is 2. The van der Waals surface area contributed by atoms with Crippen molar-refractivity contribution >= 4 is 35.0 Å². The van der Waals surface area contributed by atoms with Crippen LogP contribution in [-0.4, -0.2) is 35.0 Å². The molecule has 0 saturated heterocycles. The van der Waals surface area contributed by atoms with Crippen molar-refractivity contribution in [3.8, 4) is 0 Å². The third kappa shape index (κ3) is 33.1. The van der Waals surface area contributed by atoms with Crippen LogP contribution in [0.4, 0.5) is 0 Å². The second-order valence-electron chi connectivity index (χ2n) is 5.89. The molecule has 0 radical (unpaired) electrons. The Labute approximate surface area is 164 Å². The molecule has 5 heteroatoms. The molecule has 136 valence electrons. The fraction of sp³-hybridized carbons (Fsp3) is 0.789. The van der Waals surface area contributed by atoms with Crippen LogP contribution in [0.5, 0.6) is 0 Å². The largest absolute Gasteiger partial charge is 2.00 e. The molecule has 0 aromatic rings. The van der Waals surface area contributed by atoms with Gasteiger partial charge in [-0.05, 0) is 18.9 Å².